The Bertz CT molecular complexity index is 348. The van der Waals surface area contributed by atoms with E-state index in [0.717, 1.165) is 12.2 Å². The van der Waals surface area contributed by atoms with Crippen LogP contribution in [-0.2, 0) is 4.79 Å². The summed E-state index contributed by atoms with van der Waals surface area (Å²) in [6.45, 7) is 2.63. The number of nitrogens with one attached hydrogen (secondary N) is 1. The Morgan fingerprint density at radius 2 is 2.44 bits per heavy atom. The number of aromatic nitrogens is 2. The van der Waals surface area contributed by atoms with Crippen LogP contribution in [0.5, 0.6) is 0 Å². The van der Waals surface area contributed by atoms with Crippen molar-refractivity contribution in [3.05, 3.63) is 23.2 Å². The molecule has 1 atom stereocenters. The van der Waals surface area contributed by atoms with Crippen molar-refractivity contribution in [1.29, 1.82) is 0 Å². The molecule has 0 spiro atoms. The molecule has 1 aromatic heterocycles. The summed E-state index contributed by atoms with van der Waals surface area (Å²) >= 11 is 1.28. The number of hydrogen-bond acceptors (Lipinski definition) is 5. The van der Waals surface area contributed by atoms with Crippen molar-refractivity contribution in [2.75, 3.05) is 20.6 Å². The molecule has 1 heterocycles. The number of hydrogen-bond donors (Lipinski definition) is 1. The molecule has 0 aliphatic rings. The van der Waals surface area contributed by atoms with Crippen molar-refractivity contribution < 1.29 is 4.79 Å². The summed E-state index contributed by atoms with van der Waals surface area (Å²) in [7, 11) is 3.90. The number of rotatable bonds is 5. The van der Waals surface area contributed by atoms with Gasteiger partial charge in [-0.1, -0.05) is 10.6 Å². The van der Waals surface area contributed by atoms with E-state index in [0.29, 0.717) is 0 Å². The molecule has 16 heavy (non-hydrogen) atoms. The molecule has 0 saturated heterocycles. The summed E-state index contributed by atoms with van der Waals surface area (Å²) in [5.41, 5.74) is 0.791. The zero-order valence-corrected chi connectivity index (χ0v) is 10.5. The first-order chi connectivity index (χ1) is 7.59. The molecule has 88 valence electrons. The summed E-state index contributed by atoms with van der Waals surface area (Å²) in [6, 6.07) is -0.102. The molecule has 0 bridgehead atoms. The first-order valence-electron chi connectivity index (χ1n) is 4.98. The smallest absolute Gasteiger partial charge is 0.244 e. The Morgan fingerprint density at radius 3 is 3.00 bits per heavy atom. The normalized spacial score (nSPS) is 13.2. The third-order valence-corrected chi connectivity index (χ3v) is 2.44. The molecular weight excluding hydrogens is 224 g/mol. The van der Waals surface area contributed by atoms with Crippen LogP contribution in [0.15, 0.2) is 17.5 Å². The molecule has 0 radical (unpaired) electrons. The van der Waals surface area contributed by atoms with E-state index >= 15 is 0 Å². The van der Waals surface area contributed by atoms with Crippen LogP contribution in [0.3, 0.4) is 0 Å². The van der Waals surface area contributed by atoms with Gasteiger partial charge in [0.1, 0.15) is 0 Å². The van der Waals surface area contributed by atoms with Crippen LogP contribution in [0.25, 0.3) is 0 Å². The fourth-order valence-corrected chi connectivity index (χ4v) is 1.61. The van der Waals surface area contributed by atoms with E-state index in [1.807, 2.05) is 37.4 Å². The van der Waals surface area contributed by atoms with Crippen LogP contribution in [0.4, 0.5) is 0 Å². The highest BCUT2D eigenvalue weighted by Crippen LogP contribution is 2.09. The first kappa shape index (κ1) is 12.8. The number of carbonyl (C=O) groups is 1. The fraction of sp³-hybridized carbons (Fsp3) is 0.500. The monoisotopic (exact) mass is 240 g/mol. The van der Waals surface area contributed by atoms with Gasteiger partial charge in [0, 0.05) is 18.0 Å². The standard InChI is InChI=1S/C10H16N4OS/c1-8(9-7-16-13-12-9)11-10(15)5-4-6-14(2)3/h4-5,7-8H,6H2,1-3H3,(H,11,15)/b5-4+. The van der Waals surface area contributed by atoms with E-state index < -0.39 is 0 Å². The van der Waals surface area contributed by atoms with Gasteiger partial charge in [0.15, 0.2) is 0 Å². The van der Waals surface area contributed by atoms with Gasteiger partial charge < -0.3 is 10.2 Å². The molecule has 0 saturated carbocycles. The Morgan fingerprint density at radius 1 is 1.69 bits per heavy atom. The second-order valence-corrected chi connectivity index (χ2v) is 4.33. The Labute approximate surface area is 99.3 Å². The molecule has 1 unspecified atom stereocenters. The van der Waals surface area contributed by atoms with E-state index in [1.54, 1.807) is 0 Å². The predicted molar refractivity (Wildman–Crippen MR) is 64.2 cm³/mol. The number of carbonyl (C=O) groups excluding carboxylic acids is 1. The van der Waals surface area contributed by atoms with Gasteiger partial charge in [-0.25, -0.2) is 0 Å². The maximum Gasteiger partial charge on any atom is 0.244 e. The van der Waals surface area contributed by atoms with Crippen LogP contribution < -0.4 is 5.32 Å². The van der Waals surface area contributed by atoms with Crippen LogP contribution in [-0.4, -0.2) is 41.0 Å². The van der Waals surface area contributed by atoms with E-state index in [-0.39, 0.29) is 11.9 Å². The maximum atomic E-state index is 11.5. The third kappa shape index (κ3) is 4.50. The highest BCUT2D eigenvalue weighted by molar-refractivity contribution is 7.03. The highest BCUT2D eigenvalue weighted by Gasteiger charge is 2.09. The molecule has 1 amide bonds. The minimum Gasteiger partial charge on any atom is -0.344 e. The number of likely N-dealkylation sites (N-methyl/N-ethyl adjacent to an activating group) is 1. The summed E-state index contributed by atoms with van der Waals surface area (Å²) < 4.78 is 3.75. The number of amides is 1. The van der Waals surface area contributed by atoms with Crippen molar-refractivity contribution in [2.24, 2.45) is 0 Å². The van der Waals surface area contributed by atoms with Gasteiger partial charge in [0.05, 0.1) is 11.7 Å². The lowest BCUT2D eigenvalue weighted by atomic mass is 10.2. The van der Waals surface area contributed by atoms with Gasteiger partial charge in [0.2, 0.25) is 5.91 Å². The van der Waals surface area contributed by atoms with Crippen molar-refractivity contribution in [2.45, 2.75) is 13.0 Å². The van der Waals surface area contributed by atoms with Crippen molar-refractivity contribution in [3.8, 4) is 0 Å². The molecule has 0 aliphatic heterocycles. The Kier molecular flexibility index (Phi) is 5.07. The lowest BCUT2D eigenvalue weighted by Crippen LogP contribution is -2.25. The zero-order valence-electron chi connectivity index (χ0n) is 9.67. The largest absolute Gasteiger partial charge is 0.344 e. The minimum atomic E-state index is -0.109. The molecule has 1 aromatic rings. The van der Waals surface area contributed by atoms with Gasteiger partial charge in [-0.05, 0) is 32.6 Å². The van der Waals surface area contributed by atoms with Gasteiger partial charge >= 0.3 is 0 Å². The second-order valence-electron chi connectivity index (χ2n) is 3.72. The average Bonchev–Trinajstić information content (AvgIpc) is 2.69. The van der Waals surface area contributed by atoms with Crippen molar-refractivity contribution in [1.82, 2.24) is 19.8 Å². The maximum absolute atomic E-state index is 11.5. The summed E-state index contributed by atoms with van der Waals surface area (Å²) in [4.78, 5) is 13.5. The average molecular weight is 240 g/mol. The SMILES string of the molecule is CC(NC(=O)/C=C/CN(C)C)c1csnn1. The molecule has 0 aromatic carbocycles. The lowest BCUT2D eigenvalue weighted by Gasteiger charge is -2.08. The molecule has 6 heteroatoms. The van der Waals surface area contributed by atoms with Crippen molar-refractivity contribution in [3.63, 3.8) is 0 Å². The minimum absolute atomic E-state index is 0.102. The topological polar surface area (TPSA) is 58.1 Å². The second kappa shape index (κ2) is 6.34. The van der Waals surface area contributed by atoms with Gasteiger partial charge in [-0.3, -0.25) is 4.79 Å². The molecule has 1 rings (SSSR count). The quantitative estimate of drug-likeness (QED) is 0.775. The van der Waals surface area contributed by atoms with E-state index in [1.165, 1.54) is 17.6 Å². The van der Waals surface area contributed by atoms with Crippen molar-refractivity contribution >= 4 is 17.4 Å². The highest BCUT2D eigenvalue weighted by atomic mass is 32.1. The Balaban J connectivity index is 2.37. The van der Waals surface area contributed by atoms with Gasteiger partial charge in [-0.15, -0.1) is 5.10 Å². The lowest BCUT2D eigenvalue weighted by molar-refractivity contribution is -0.117. The van der Waals surface area contributed by atoms with Gasteiger partial charge in [-0.2, -0.15) is 0 Å². The summed E-state index contributed by atoms with van der Waals surface area (Å²) in [5.74, 6) is -0.109. The van der Waals surface area contributed by atoms with E-state index in [9.17, 15) is 4.79 Å². The van der Waals surface area contributed by atoms with Crippen LogP contribution in [0.2, 0.25) is 0 Å². The summed E-state index contributed by atoms with van der Waals surface area (Å²) in [5, 5.41) is 8.54. The van der Waals surface area contributed by atoms with Gasteiger partial charge in [0.25, 0.3) is 0 Å². The third-order valence-electron chi connectivity index (χ3n) is 1.92. The zero-order chi connectivity index (χ0) is 12.0. The molecule has 0 aliphatic carbocycles. The first-order valence-corrected chi connectivity index (χ1v) is 5.82. The van der Waals surface area contributed by atoms with Crippen LogP contribution in [0, 0.1) is 0 Å². The van der Waals surface area contributed by atoms with E-state index in [4.69, 9.17) is 0 Å². The number of nitrogens with zero attached hydrogens (tertiary/aromatic N) is 3. The Hall–Kier alpha value is -1.27. The molecule has 5 nitrogen and oxygen atoms in total. The molecular formula is C10H16N4OS. The van der Waals surface area contributed by atoms with Crippen LogP contribution >= 0.6 is 11.5 Å². The molecule has 0 fully saturated rings. The fourth-order valence-electron chi connectivity index (χ4n) is 1.07. The predicted octanol–water partition coefficient (Wildman–Crippen LogP) is 0.833. The summed E-state index contributed by atoms with van der Waals surface area (Å²) in [6.07, 6.45) is 3.36. The van der Waals surface area contributed by atoms with Crippen LogP contribution in [0.1, 0.15) is 18.7 Å². The van der Waals surface area contributed by atoms with E-state index in [2.05, 4.69) is 14.9 Å². The molecule has 1 N–H and O–H groups in total.